The number of ether oxygens (including phenoxy) is 2. The zero-order valence-electron chi connectivity index (χ0n) is 36.3. The average Bonchev–Trinajstić information content (AvgIpc) is 3.16. The van der Waals surface area contributed by atoms with Gasteiger partial charge in [0.1, 0.15) is 0 Å². The molecule has 320 valence electrons. The number of carboxylic acid groups (broad SMARTS) is 2. The number of carbonyl (C=O) groups is 4. The van der Waals surface area contributed by atoms with Crippen LogP contribution in [0, 0.1) is 0 Å². The fourth-order valence-corrected chi connectivity index (χ4v) is 6.94. The topological polar surface area (TPSA) is 133 Å². The van der Waals surface area contributed by atoms with E-state index >= 15 is 0 Å². The monoisotopic (exact) mass is 905 g/mol. The van der Waals surface area contributed by atoms with Gasteiger partial charge in [-0.05, 0) is 38.5 Å². The Morgan fingerprint density at radius 3 is 0.527 bits per heavy atom. The number of aliphatic carboxylic acids is 2. The van der Waals surface area contributed by atoms with Crippen molar-refractivity contribution in [1.29, 1.82) is 0 Å². The van der Waals surface area contributed by atoms with Crippen molar-refractivity contribution in [3.63, 3.8) is 0 Å². The van der Waals surface area contributed by atoms with Gasteiger partial charge in [-0.1, -0.05) is 205 Å². The van der Waals surface area contributed by atoms with Gasteiger partial charge in [0, 0.05) is 24.8 Å². The van der Waals surface area contributed by atoms with Crippen LogP contribution in [0.5, 0.6) is 0 Å². The van der Waals surface area contributed by atoms with Gasteiger partial charge < -0.3 is 29.3 Å². The summed E-state index contributed by atoms with van der Waals surface area (Å²) < 4.78 is 9.27. The maximum atomic E-state index is 11.0. The SMILES string of the molecule is COC(=O)CCCCCCCCCCCCCCCCCCCCC(=O)[O-].COC(=O)CCCCCCCCCCCCCCCCCCCCC(=O)[O-].[Ba+2]. The van der Waals surface area contributed by atoms with Crippen molar-refractivity contribution in [3.05, 3.63) is 0 Å². The molecule has 0 N–H and O–H groups in total. The Hall–Kier alpha value is -0.549. The van der Waals surface area contributed by atoms with Crippen LogP contribution in [0.15, 0.2) is 0 Å². The maximum Gasteiger partial charge on any atom is 2.00 e. The molecule has 0 fully saturated rings. The first kappa shape index (κ1) is 58.8. The molecule has 8 nitrogen and oxygen atoms in total. The summed E-state index contributed by atoms with van der Waals surface area (Å²) >= 11 is 0. The van der Waals surface area contributed by atoms with Crippen LogP contribution in [-0.2, 0) is 28.7 Å². The number of methoxy groups -OCH3 is 2. The third kappa shape index (κ3) is 57.9. The molecule has 0 saturated heterocycles. The summed E-state index contributed by atoms with van der Waals surface area (Å²) in [6.07, 6.45) is 46.4. The van der Waals surface area contributed by atoms with E-state index < -0.39 is 11.9 Å². The average molecular weight is 905 g/mol. The Morgan fingerprint density at radius 1 is 0.273 bits per heavy atom. The maximum absolute atomic E-state index is 11.0. The van der Waals surface area contributed by atoms with Gasteiger partial charge in [-0.25, -0.2) is 0 Å². The molecule has 0 atom stereocenters. The van der Waals surface area contributed by atoms with E-state index in [0.717, 1.165) is 51.4 Å². The Labute approximate surface area is 379 Å². The van der Waals surface area contributed by atoms with Crippen LogP contribution < -0.4 is 10.2 Å². The standard InChI is InChI=1S/2C23H44O4.Ba/c2*1-27-23(26)21-19-17-15-13-11-9-7-5-3-2-4-6-8-10-12-14-16-18-20-22(24)25;/h2*2-21H2,1H3,(H,24,25);/q;;+2/p-2. The number of esters is 2. The summed E-state index contributed by atoms with van der Waals surface area (Å²) in [6, 6.07) is 0. The second-order valence-electron chi connectivity index (χ2n) is 15.6. The van der Waals surface area contributed by atoms with Gasteiger partial charge in [0.25, 0.3) is 0 Å². The van der Waals surface area contributed by atoms with Crippen molar-refractivity contribution in [2.24, 2.45) is 0 Å². The molecular weight excluding hydrogens is 818 g/mol. The first-order chi connectivity index (χ1) is 26.3. The molecule has 0 heterocycles. The third-order valence-electron chi connectivity index (χ3n) is 10.5. The summed E-state index contributed by atoms with van der Waals surface area (Å²) in [5, 5.41) is 20.6. The predicted molar refractivity (Wildman–Crippen MR) is 224 cm³/mol. The second-order valence-corrected chi connectivity index (χ2v) is 15.6. The molecule has 55 heavy (non-hydrogen) atoms. The number of rotatable bonds is 42. The van der Waals surface area contributed by atoms with Gasteiger partial charge in [0.2, 0.25) is 0 Å². The molecule has 0 unspecified atom stereocenters. The van der Waals surface area contributed by atoms with Crippen molar-refractivity contribution in [2.45, 2.75) is 257 Å². The van der Waals surface area contributed by atoms with E-state index in [9.17, 15) is 29.4 Å². The molecule has 0 aliphatic rings. The zero-order chi connectivity index (χ0) is 40.0. The second kappa shape index (κ2) is 51.5. The molecule has 0 saturated carbocycles. The first-order valence-electron chi connectivity index (χ1n) is 22.9. The number of hydrogen-bond acceptors (Lipinski definition) is 8. The quantitative estimate of drug-likeness (QED) is 0.0336. The molecule has 0 aromatic heterocycles. The Kier molecular flexibility index (Phi) is 55.0. The van der Waals surface area contributed by atoms with Gasteiger partial charge in [0.15, 0.2) is 0 Å². The van der Waals surface area contributed by atoms with Gasteiger partial charge >= 0.3 is 60.8 Å². The number of carboxylic acids is 2. The minimum absolute atomic E-state index is 0. The molecule has 0 aliphatic carbocycles. The number of carbonyl (C=O) groups excluding carboxylic acids is 4. The van der Waals surface area contributed by atoms with Crippen molar-refractivity contribution < 1.29 is 38.9 Å². The van der Waals surface area contributed by atoms with E-state index in [1.54, 1.807) is 0 Å². The molecule has 0 rings (SSSR count). The smallest absolute Gasteiger partial charge is 0.550 e. The van der Waals surface area contributed by atoms with Crippen LogP contribution in [0.2, 0.25) is 0 Å². The molecule has 0 radical (unpaired) electrons. The van der Waals surface area contributed by atoms with E-state index in [1.807, 2.05) is 0 Å². The van der Waals surface area contributed by atoms with E-state index in [1.165, 1.54) is 194 Å². The molecule has 0 aromatic rings. The molecule has 0 aromatic carbocycles. The number of hydrogen-bond donors (Lipinski definition) is 0. The Morgan fingerprint density at radius 2 is 0.400 bits per heavy atom. The van der Waals surface area contributed by atoms with Crippen LogP contribution in [-0.4, -0.2) is 87.0 Å². The molecule has 0 aliphatic heterocycles. The fraction of sp³-hybridized carbons (Fsp3) is 0.913. The minimum Gasteiger partial charge on any atom is -0.550 e. The van der Waals surface area contributed by atoms with Crippen LogP contribution in [0.25, 0.3) is 0 Å². The summed E-state index contributed by atoms with van der Waals surface area (Å²) in [5.41, 5.74) is 0. The van der Waals surface area contributed by atoms with Crippen LogP contribution in [0.3, 0.4) is 0 Å². The molecule has 0 spiro atoms. The zero-order valence-corrected chi connectivity index (χ0v) is 40.7. The summed E-state index contributed by atoms with van der Waals surface area (Å²) in [4.78, 5) is 42.5. The van der Waals surface area contributed by atoms with Crippen LogP contribution in [0.1, 0.15) is 257 Å². The van der Waals surface area contributed by atoms with E-state index in [4.69, 9.17) is 0 Å². The molecule has 0 bridgehead atoms. The third-order valence-corrected chi connectivity index (χ3v) is 10.5. The summed E-state index contributed by atoms with van der Waals surface area (Å²) in [5.74, 6) is -1.99. The van der Waals surface area contributed by atoms with E-state index in [0.29, 0.717) is 12.8 Å². The minimum atomic E-state index is -0.914. The summed E-state index contributed by atoms with van der Waals surface area (Å²) in [6.45, 7) is 0. The van der Waals surface area contributed by atoms with Gasteiger partial charge in [-0.15, -0.1) is 0 Å². The van der Waals surface area contributed by atoms with Gasteiger partial charge in [-0.3, -0.25) is 9.59 Å². The van der Waals surface area contributed by atoms with Crippen molar-refractivity contribution in [3.8, 4) is 0 Å². The predicted octanol–water partition coefficient (Wildman–Crippen LogP) is 11.0. The normalized spacial score (nSPS) is 10.7. The molecule has 0 amide bonds. The van der Waals surface area contributed by atoms with Crippen molar-refractivity contribution in [2.75, 3.05) is 14.2 Å². The largest absolute Gasteiger partial charge is 2.00 e. The summed E-state index contributed by atoms with van der Waals surface area (Å²) in [7, 11) is 2.91. The molecular formula is C46H86BaO8. The fourth-order valence-electron chi connectivity index (χ4n) is 6.94. The van der Waals surface area contributed by atoms with Gasteiger partial charge in [0.05, 0.1) is 14.2 Å². The van der Waals surface area contributed by atoms with Crippen LogP contribution >= 0.6 is 0 Å². The Balaban J connectivity index is -0.000000966. The van der Waals surface area contributed by atoms with Crippen molar-refractivity contribution in [1.82, 2.24) is 0 Å². The van der Waals surface area contributed by atoms with Gasteiger partial charge in [-0.2, -0.15) is 0 Å². The van der Waals surface area contributed by atoms with Crippen LogP contribution in [0.4, 0.5) is 0 Å². The van der Waals surface area contributed by atoms with E-state index in [-0.39, 0.29) is 73.7 Å². The number of unbranched alkanes of at least 4 members (excludes halogenated alkanes) is 34. The first-order valence-corrected chi connectivity index (χ1v) is 22.9. The Bertz CT molecular complexity index is 756. The van der Waals surface area contributed by atoms with Crippen molar-refractivity contribution >= 4 is 72.8 Å². The molecule has 9 heteroatoms. The van der Waals surface area contributed by atoms with E-state index in [2.05, 4.69) is 9.47 Å².